The van der Waals surface area contributed by atoms with Crippen LogP contribution in [0.5, 0.6) is 0 Å². The second kappa shape index (κ2) is 6.66. The van der Waals surface area contributed by atoms with Gasteiger partial charge in [0.1, 0.15) is 5.54 Å². The van der Waals surface area contributed by atoms with Gasteiger partial charge in [-0.1, -0.05) is 30.3 Å². The monoisotopic (exact) mass is 278 g/mol. The van der Waals surface area contributed by atoms with E-state index >= 15 is 0 Å². The number of alkyl halides is 2. The van der Waals surface area contributed by atoms with Crippen LogP contribution in [0.3, 0.4) is 0 Å². The van der Waals surface area contributed by atoms with Crippen molar-refractivity contribution < 1.29 is 13.6 Å². The van der Waals surface area contributed by atoms with E-state index in [2.05, 4.69) is 0 Å². The molecule has 0 saturated heterocycles. The zero-order valence-corrected chi connectivity index (χ0v) is 11.1. The summed E-state index contributed by atoms with van der Waals surface area (Å²) in [5.74, 6) is -0.524. The standard InChI is InChI=1S/C12H16F2N2O.ClH/c1-12(15,9-6-4-3-5-7-9)11(17)16(2)8-10(13)14;/h3-7,10H,8,15H2,1-2H3;1H. The summed E-state index contributed by atoms with van der Waals surface area (Å²) in [6.45, 7) is 0.908. The summed E-state index contributed by atoms with van der Waals surface area (Å²) in [6, 6.07) is 8.71. The molecule has 0 fully saturated rings. The molecule has 1 atom stereocenters. The van der Waals surface area contributed by atoms with E-state index in [1.54, 1.807) is 30.3 Å². The number of hydrogen-bond acceptors (Lipinski definition) is 2. The number of likely N-dealkylation sites (N-methyl/N-ethyl adjacent to an activating group) is 1. The van der Waals surface area contributed by atoms with Crippen molar-refractivity contribution in [2.45, 2.75) is 18.9 Å². The lowest BCUT2D eigenvalue weighted by atomic mass is 9.92. The molecule has 0 aromatic heterocycles. The van der Waals surface area contributed by atoms with Crippen molar-refractivity contribution in [2.75, 3.05) is 13.6 Å². The zero-order chi connectivity index (χ0) is 13.1. The summed E-state index contributed by atoms with van der Waals surface area (Å²) in [6.07, 6.45) is -2.56. The summed E-state index contributed by atoms with van der Waals surface area (Å²) in [4.78, 5) is 12.9. The van der Waals surface area contributed by atoms with Crippen LogP contribution in [0.15, 0.2) is 30.3 Å². The molecular formula is C12H17ClF2N2O. The van der Waals surface area contributed by atoms with Gasteiger partial charge in [0, 0.05) is 7.05 Å². The summed E-state index contributed by atoms with van der Waals surface area (Å²) >= 11 is 0. The highest BCUT2D eigenvalue weighted by Gasteiger charge is 2.33. The Hall–Kier alpha value is -1.20. The Labute approximate surface area is 111 Å². The Morgan fingerprint density at radius 2 is 1.89 bits per heavy atom. The van der Waals surface area contributed by atoms with Crippen molar-refractivity contribution >= 4 is 18.3 Å². The first kappa shape index (κ1) is 16.8. The molecule has 0 bridgehead atoms. The lowest BCUT2D eigenvalue weighted by Gasteiger charge is -2.29. The summed E-state index contributed by atoms with van der Waals surface area (Å²) in [5.41, 5.74) is 5.24. The molecule has 0 saturated carbocycles. The van der Waals surface area contributed by atoms with Gasteiger partial charge in [0.15, 0.2) is 0 Å². The van der Waals surface area contributed by atoms with E-state index in [1.807, 2.05) is 0 Å². The van der Waals surface area contributed by atoms with Crippen LogP contribution in [0.1, 0.15) is 12.5 Å². The fourth-order valence-electron chi connectivity index (χ4n) is 1.59. The summed E-state index contributed by atoms with van der Waals surface area (Å²) in [7, 11) is 1.32. The molecule has 18 heavy (non-hydrogen) atoms. The maximum Gasteiger partial charge on any atom is 0.255 e. The molecule has 0 radical (unpaired) electrons. The SMILES string of the molecule is CN(CC(F)F)C(=O)C(C)(N)c1ccccc1.Cl. The smallest absolute Gasteiger partial charge is 0.255 e. The van der Waals surface area contributed by atoms with Gasteiger partial charge < -0.3 is 10.6 Å². The fourth-order valence-corrected chi connectivity index (χ4v) is 1.59. The van der Waals surface area contributed by atoms with E-state index in [0.717, 1.165) is 4.90 Å². The molecule has 1 aromatic rings. The highest BCUT2D eigenvalue weighted by molar-refractivity contribution is 5.86. The van der Waals surface area contributed by atoms with Gasteiger partial charge >= 0.3 is 0 Å². The molecule has 1 amide bonds. The third-order valence-electron chi connectivity index (χ3n) is 2.58. The first-order chi connectivity index (χ1) is 7.85. The molecule has 1 rings (SSSR count). The second-order valence-corrected chi connectivity index (χ2v) is 4.15. The molecule has 0 aliphatic heterocycles. The predicted molar refractivity (Wildman–Crippen MR) is 68.9 cm³/mol. The molecule has 6 heteroatoms. The van der Waals surface area contributed by atoms with Crippen molar-refractivity contribution in [1.29, 1.82) is 0 Å². The fraction of sp³-hybridized carbons (Fsp3) is 0.417. The number of hydrogen-bond donors (Lipinski definition) is 1. The molecule has 0 heterocycles. The zero-order valence-electron chi connectivity index (χ0n) is 10.3. The number of nitrogens with two attached hydrogens (primary N) is 1. The maximum atomic E-state index is 12.2. The average molecular weight is 279 g/mol. The number of carbonyl (C=O) groups excluding carboxylic acids is 1. The number of amides is 1. The van der Waals surface area contributed by atoms with Crippen LogP contribution in [-0.4, -0.2) is 30.8 Å². The van der Waals surface area contributed by atoms with E-state index in [0.29, 0.717) is 5.56 Å². The molecule has 0 aliphatic rings. The molecule has 0 spiro atoms. The number of nitrogens with zero attached hydrogens (tertiary/aromatic N) is 1. The Balaban J connectivity index is 0.00000289. The third kappa shape index (κ3) is 3.92. The van der Waals surface area contributed by atoms with Crippen LogP contribution in [0, 0.1) is 0 Å². The Bertz CT molecular complexity index is 385. The van der Waals surface area contributed by atoms with Crippen LogP contribution in [0.25, 0.3) is 0 Å². The second-order valence-electron chi connectivity index (χ2n) is 4.15. The van der Waals surface area contributed by atoms with Crippen molar-refractivity contribution in [2.24, 2.45) is 5.73 Å². The van der Waals surface area contributed by atoms with E-state index in [-0.39, 0.29) is 12.4 Å². The van der Waals surface area contributed by atoms with Crippen LogP contribution < -0.4 is 5.73 Å². The summed E-state index contributed by atoms with van der Waals surface area (Å²) < 4.78 is 24.4. The van der Waals surface area contributed by atoms with Crippen LogP contribution >= 0.6 is 12.4 Å². The Kier molecular flexibility index (Phi) is 6.21. The van der Waals surface area contributed by atoms with Gasteiger partial charge in [0.05, 0.1) is 6.54 Å². The molecule has 3 nitrogen and oxygen atoms in total. The molecule has 1 aromatic carbocycles. The van der Waals surface area contributed by atoms with Crippen LogP contribution in [0.4, 0.5) is 8.78 Å². The number of rotatable bonds is 4. The van der Waals surface area contributed by atoms with E-state index in [4.69, 9.17) is 5.73 Å². The molecular weight excluding hydrogens is 262 g/mol. The van der Waals surface area contributed by atoms with E-state index in [1.165, 1.54) is 14.0 Å². The molecule has 2 N–H and O–H groups in total. The number of halogens is 3. The summed E-state index contributed by atoms with van der Waals surface area (Å²) in [5, 5.41) is 0. The number of benzene rings is 1. The van der Waals surface area contributed by atoms with Gasteiger partial charge in [-0.05, 0) is 12.5 Å². The minimum Gasteiger partial charge on any atom is -0.338 e. The van der Waals surface area contributed by atoms with Crippen LogP contribution in [0.2, 0.25) is 0 Å². The lowest BCUT2D eigenvalue weighted by Crippen LogP contribution is -2.50. The molecule has 0 aliphatic carbocycles. The largest absolute Gasteiger partial charge is 0.338 e. The van der Waals surface area contributed by atoms with Gasteiger partial charge in [-0.2, -0.15) is 0 Å². The lowest BCUT2D eigenvalue weighted by molar-refractivity contribution is -0.137. The highest BCUT2D eigenvalue weighted by atomic mass is 35.5. The first-order valence-electron chi connectivity index (χ1n) is 5.24. The quantitative estimate of drug-likeness (QED) is 0.916. The minimum absolute atomic E-state index is 0. The van der Waals surface area contributed by atoms with E-state index < -0.39 is 24.4 Å². The van der Waals surface area contributed by atoms with Crippen molar-refractivity contribution in [3.8, 4) is 0 Å². The average Bonchev–Trinajstić information content (AvgIpc) is 2.28. The third-order valence-corrected chi connectivity index (χ3v) is 2.58. The topological polar surface area (TPSA) is 46.3 Å². The van der Waals surface area contributed by atoms with Gasteiger partial charge in [-0.15, -0.1) is 12.4 Å². The van der Waals surface area contributed by atoms with Gasteiger partial charge in [0.25, 0.3) is 6.43 Å². The number of carbonyl (C=O) groups is 1. The highest BCUT2D eigenvalue weighted by Crippen LogP contribution is 2.20. The molecule has 102 valence electrons. The minimum atomic E-state index is -2.56. The Morgan fingerprint density at radius 3 is 2.33 bits per heavy atom. The molecule has 1 unspecified atom stereocenters. The van der Waals surface area contributed by atoms with Crippen molar-refractivity contribution in [1.82, 2.24) is 4.90 Å². The van der Waals surface area contributed by atoms with E-state index in [9.17, 15) is 13.6 Å². The normalized spacial score (nSPS) is 13.7. The van der Waals surface area contributed by atoms with Gasteiger partial charge in [-0.3, -0.25) is 4.79 Å². The van der Waals surface area contributed by atoms with Gasteiger partial charge in [-0.25, -0.2) is 8.78 Å². The van der Waals surface area contributed by atoms with Crippen molar-refractivity contribution in [3.05, 3.63) is 35.9 Å². The Morgan fingerprint density at radius 1 is 1.39 bits per heavy atom. The van der Waals surface area contributed by atoms with Gasteiger partial charge in [0.2, 0.25) is 5.91 Å². The predicted octanol–water partition coefficient (Wildman–Crippen LogP) is 2.01. The maximum absolute atomic E-state index is 12.2. The van der Waals surface area contributed by atoms with Crippen LogP contribution in [-0.2, 0) is 10.3 Å². The van der Waals surface area contributed by atoms with Crippen molar-refractivity contribution in [3.63, 3.8) is 0 Å². The first-order valence-corrected chi connectivity index (χ1v) is 5.24.